The van der Waals surface area contributed by atoms with Gasteiger partial charge in [0.1, 0.15) is 5.75 Å². The van der Waals surface area contributed by atoms with Crippen LogP contribution in [0, 0.1) is 0 Å². The Bertz CT molecular complexity index is 1270. The second-order valence-electron chi connectivity index (χ2n) is 6.57. The molecule has 2 aromatic carbocycles. The third-order valence-corrected chi connectivity index (χ3v) is 5.81. The number of methoxy groups -OCH3 is 1. The summed E-state index contributed by atoms with van der Waals surface area (Å²) >= 11 is 13.3. The number of aromatic nitrogens is 1. The van der Waals surface area contributed by atoms with E-state index in [9.17, 15) is 9.59 Å². The maximum absolute atomic E-state index is 12.3. The van der Waals surface area contributed by atoms with Gasteiger partial charge in [0.05, 0.1) is 29.1 Å². The highest BCUT2D eigenvalue weighted by atomic mass is 35.5. The van der Waals surface area contributed by atoms with Crippen molar-refractivity contribution in [2.45, 2.75) is 6.92 Å². The van der Waals surface area contributed by atoms with Gasteiger partial charge in [-0.05, 0) is 48.5 Å². The average Bonchev–Trinajstić information content (AvgIpc) is 3.35. The Balaban J connectivity index is 1.62. The van der Waals surface area contributed by atoms with E-state index in [1.165, 1.54) is 29.2 Å². The van der Waals surface area contributed by atoms with Crippen molar-refractivity contribution in [2.75, 3.05) is 12.0 Å². The third kappa shape index (κ3) is 4.52. The lowest BCUT2D eigenvalue weighted by Gasteiger charge is -2.18. The summed E-state index contributed by atoms with van der Waals surface area (Å²) in [5, 5.41) is 2.95. The predicted molar refractivity (Wildman–Crippen MR) is 125 cm³/mol. The van der Waals surface area contributed by atoms with Gasteiger partial charge in [0.25, 0.3) is 0 Å². The van der Waals surface area contributed by atoms with Crippen LogP contribution in [0.1, 0.15) is 18.2 Å². The van der Waals surface area contributed by atoms with Crippen molar-refractivity contribution in [3.8, 4) is 5.75 Å². The summed E-state index contributed by atoms with van der Waals surface area (Å²) in [6, 6.07) is 11.8. The van der Waals surface area contributed by atoms with Crippen LogP contribution in [0.15, 0.2) is 58.5 Å². The molecule has 0 atom stereocenters. The van der Waals surface area contributed by atoms with E-state index in [4.69, 9.17) is 32.7 Å². The van der Waals surface area contributed by atoms with Gasteiger partial charge in [-0.15, -0.1) is 11.3 Å². The van der Waals surface area contributed by atoms with Crippen LogP contribution in [0.5, 0.6) is 5.75 Å². The summed E-state index contributed by atoms with van der Waals surface area (Å²) in [7, 11) is 1.57. The number of hydrogen-bond donors (Lipinski definition) is 0. The lowest BCUT2D eigenvalue weighted by molar-refractivity contribution is -0.130. The fraction of sp³-hybridized carbons (Fsp3) is 0.0909. The van der Waals surface area contributed by atoms with Gasteiger partial charge in [-0.3, -0.25) is 9.69 Å². The van der Waals surface area contributed by atoms with Crippen LogP contribution < -0.4 is 9.64 Å². The maximum Gasteiger partial charge on any atom is 0.363 e. The van der Waals surface area contributed by atoms with Gasteiger partial charge >= 0.3 is 5.97 Å². The monoisotopic (exact) mass is 487 g/mol. The van der Waals surface area contributed by atoms with Crippen molar-refractivity contribution in [3.63, 3.8) is 0 Å². The highest BCUT2D eigenvalue weighted by Gasteiger charge is 2.26. The molecular formula is C22H15Cl2N3O4S. The molecule has 162 valence electrons. The van der Waals surface area contributed by atoms with Crippen LogP contribution in [0.25, 0.3) is 6.08 Å². The predicted octanol–water partition coefficient (Wildman–Crippen LogP) is 5.49. The number of cyclic esters (lactones) is 1. The molecule has 1 aromatic heterocycles. The van der Waals surface area contributed by atoms with Gasteiger partial charge in [-0.2, -0.15) is 0 Å². The molecule has 3 aromatic rings. The van der Waals surface area contributed by atoms with Crippen molar-refractivity contribution < 1.29 is 19.1 Å². The molecule has 1 aliphatic heterocycles. The second kappa shape index (κ2) is 9.12. The molecule has 0 radical (unpaired) electrons. The molecule has 0 spiro atoms. The first kappa shape index (κ1) is 22.0. The van der Waals surface area contributed by atoms with Crippen LogP contribution in [-0.2, 0) is 14.3 Å². The van der Waals surface area contributed by atoms with Gasteiger partial charge in [0.15, 0.2) is 10.8 Å². The Labute approximate surface area is 197 Å². The number of nitrogens with zero attached hydrogens (tertiary/aromatic N) is 3. The minimum Gasteiger partial charge on any atom is -0.497 e. The summed E-state index contributed by atoms with van der Waals surface area (Å²) in [5.74, 6) is -0.0705. The summed E-state index contributed by atoms with van der Waals surface area (Å²) in [6.45, 7) is 1.45. The Morgan fingerprint density at radius 3 is 2.59 bits per heavy atom. The standard InChI is InChI=1S/C22H15Cl2N3O4S/c1-12(28)27(15-4-6-16(30-2)7-5-15)22-25-14(11-32-22)10-19-21(29)31-20(26-19)17-8-3-13(23)9-18(17)24/h3-11H,1-2H3/b19-10+. The number of rotatable bonds is 5. The lowest BCUT2D eigenvalue weighted by atomic mass is 10.2. The Hall–Kier alpha value is -3.20. The number of aliphatic imine (C=N–C) groups is 1. The van der Waals surface area contributed by atoms with E-state index in [1.807, 2.05) is 0 Å². The minimum absolute atomic E-state index is 0.0710. The first-order chi connectivity index (χ1) is 15.4. The Morgan fingerprint density at radius 1 is 1.19 bits per heavy atom. The van der Waals surface area contributed by atoms with E-state index in [0.29, 0.717) is 37.9 Å². The number of carbonyl (C=O) groups excluding carboxylic acids is 2. The summed E-state index contributed by atoms with van der Waals surface area (Å²) in [6.07, 6.45) is 1.49. The van der Waals surface area contributed by atoms with E-state index in [0.717, 1.165) is 0 Å². The SMILES string of the molecule is COc1ccc(N(C(C)=O)c2nc(/C=C3/N=C(c4ccc(Cl)cc4Cl)OC3=O)cs2)cc1. The Kier molecular flexibility index (Phi) is 6.27. The number of thiazole rings is 1. The van der Waals surface area contributed by atoms with Crippen LogP contribution in [0.2, 0.25) is 10.0 Å². The molecule has 1 amide bonds. The zero-order valence-corrected chi connectivity index (χ0v) is 19.2. The van der Waals surface area contributed by atoms with Crippen molar-refractivity contribution in [3.05, 3.63) is 74.8 Å². The molecule has 0 fully saturated rings. The number of amides is 1. The largest absolute Gasteiger partial charge is 0.497 e. The summed E-state index contributed by atoms with van der Waals surface area (Å²) in [5.41, 5.74) is 1.63. The van der Waals surface area contributed by atoms with Crippen LogP contribution in [0.4, 0.5) is 10.8 Å². The van der Waals surface area contributed by atoms with Crippen molar-refractivity contribution in [1.29, 1.82) is 0 Å². The molecule has 4 rings (SSSR count). The molecule has 0 saturated heterocycles. The first-order valence-corrected chi connectivity index (χ1v) is 10.9. The minimum atomic E-state index is -0.626. The van der Waals surface area contributed by atoms with E-state index in [1.54, 1.807) is 55.0 Å². The van der Waals surface area contributed by atoms with Gasteiger partial charge in [-0.25, -0.2) is 14.8 Å². The number of anilines is 2. The molecule has 32 heavy (non-hydrogen) atoms. The molecular weight excluding hydrogens is 473 g/mol. The van der Waals surface area contributed by atoms with Crippen LogP contribution in [0.3, 0.4) is 0 Å². The maximum atomic E-state index is 12.3. The van der Waals surface area contributed by atoms with Gasteiger partial charge in [-0.1, -0.05) is 23.2 Å². The van der Waals surface area contributed by atoms with E-state index in [-0.39, 0.29) is 17.5 Å². The number of hydrogen-bond acceptors (Lipinski definition) is 7. The zero-order valence-electron chi connectivity index (χ0n) is 16.8. The van der Waals surface area contributed by atoms with E-state index < -0.39 is 5.97 Å². The molecule has 10 heteroatoms. The van der Waals surface area contributed by atoms with E-state index in [2.05, 4.69) is 9.98 Å². The van der Waals surface area contributed by atoms with Gasteiger partial charge < -0.3 is 9.47 Å². The zero-order chi connectivity index (χ0) is 22.8. The topological polar surface area (TPSA) is 81.1 Å². The lowest BCUT2D eigenvalue weighted by Crippen LogP contribution is -2.22. The molecule has 0 unspecified atom stereocenters. The third-order valence-electron chi connectivity index (χ3n) is 4.41. The quantitative estimate of drug-likeness (QED) is 0.351. The molecule has 0 aliphatic carbocycles. The molecule has 0 N–H and O–H groups in total. The van der Waals surface area contributed by atoms with Crippen molar-refractivity contribution in [2.24, 2.45) is 4.99 Å². The van der Waals surface area contributed by atoms with Crippen LogP contribution >= 0.6 is 34.5 Å². The second-order valence-corrected chi connectivity index (χ2v) is 8.25. The first-order valence-electron chi connectivity index (χ1n) is 9.24. The van der Waals surface area contributed by atoms with Crippen molar-refractivity contribution >= 4 is 69.2 Å². The summed E-state index contributed by atoms with van der Waals surface area (Å²) in [4.78, 5) is 34.8. The Morgan fingerprint density at radius 2 is 1.94 bits per heavy atom. The number of ether oxygens (including phenoxy) is 2. The highest BCUT2D eigenvalue weighted by molar-refractivity contribution is 7.14. The molecule has 0 bridgehead atoms. The van der Waals surface area contributed by atoms with Gasteiger partial charge in [0.2, 0.25) is 11.8 Å². The average molecular weight is 488 g/mol. The number of benzene rings is 2. The highest BCUT2D eigenvalue weighted by Crippen LogP contribution is 2.31. The fourth-order valence-corrected chi connectivity index (χ4v) is 4.26. The van der Waals surface area contributed by atoms with Gasteiger partial charge in [0, 0.05) is 17.3 Å². The van der Waals surface area contributed by atoms with Crippen molar-refractivity contribution in [1.82, 2.24) is 4.98 Å². The van der Waals surface area contributed by atoms with E-state index >= 15 is 0 Å². The number of carbonyl (C=O) groups is 2. The molecule has 1 aliphatic rings. The smallest absolute Gasteiger partial charge is 0.363 e. The normalized spacial score (nSPS) is 14.3. The number of halogens is 2. The molecule has 7 nitrogen and oxygen atoms in total. The fourth-order valence-electron chi connectivity index (χ4n) is 2.93. The van der Waals surface area contributed by atoms with Crippen LogP contribution in [-0.4, -0.2) is 29.9 Å². The number of esters is 1. The molecule has 0 saturated carbocycles. The summed E-state index contributed by atoms with van der Waals surface area (Å²) < 4.78 is 10.4. The molecule has 2 heterocycles.